The molecule has 3 rings (SSSR count). The highest BCUT2D eigenvalue weighted by Crippen LogP contribution is 2.36. The smallest absolute Gasteiger partial charge is 0.162 e. The molecule has 0 aliphatic heterocycles. The Hall–Kier alpha value is -2.50. The van der Waals surface area contributed by atoms with E-state index in [1.807, 2.05) is 31.1 Å². The van der Waals surface area contributed by atoms with Crippen molar-refractivity contribution in [3.8, 4) is 11.5 Å². The molecule has 0 radical (unpaired) electrons. The summed E-state index contributed by atoms with van der Waals surface area (Å²) in [4.78, 5) is 14.0. The van der Waals surface area contributed by atoms with E-state index < -0.39 is 0 Å². The van der Waals surface area contributed by atoms with Gasteiger partial charge in [-0.15, -0.1) is 0 Å². The number of nitrogens with one attached hydrogen (secondary N) is 1. The van der Waals surface area contributed by atoms with E-state index in [2.05, 4.69) is 15.0 Å². The molecule has 6 nitrogen and oxygen atoms in total. The maximum Gasteiger partial charge on any atom is 0.162 e. The highest BCUT2D eigenvalue weighted by atomic mass is 16.5. The summed E-state index contributed by atoms with van der Waals surface area (Å²) in [6.07, 6.45) is 1.57. The maximum absolute atomic E-state index is 5.35. The predicted molar refractivity (Wildman–Crippen MR) is 78.8 cm³/mol. The summed E-state index contributed by atoms with van der Waals surface area (Å²) in [7, 11) is 7.15. The Bertz CT molecular complexity index is 780. The average molecular weight is 272 g/mol. The van der Waals surface area contributed by atoms with Crippen molar-refractivity contribution in [1.82, 2.24) is 15.0 Å². The van der Waals surface area contributed by atoms with Crippen LogP contribution in [0.5, 0.6) is 11.5 Å². The van der Waals surface area contributed by atoms with Crippen LogP contribution in [0.3, 0.4) is 0 Å². The Morgan fingerprint density at radius 2 is 1.75 bits per heavy atom. The van der Waals surface area contributed by atoms with Crippen molar-refractivity contribution in [2.24, 2.45) is 0 Å². The highest BCUT2D eigenvalue weighted by molar-refractivity contribution is 6.09. The Balaban J connectivity index is 2.39. The van der Waals surface area contributed by atoms with Crippen LogP contribution < -0.4 is 14.4 Å². The summed E-state index contributed by atoms with van der Waals surface area (Å²) in [5.41, 5.74) is 2.73. The van der Waals surface area contributed by atoms with E-state index in [0.29, 0.717) is 11.5 Å². The lowest BCUT2D eigenvalue weighted by atomic mass is 10.2. The molecule has 0 saturated carbocycles. The summed E-state index contributed by atoms with van der Waals surface area (Å²) >= 11 is 0. The molecule has 0 aliphatic carbocycles. The third kappa shape index (κ3) is 1.72. The lowest BCUT2D eigenvalue weighted by molar-refractivity contribution is 0.356. The van der Waals surface area contributed by atoms with Gasteiger partial charge in [0.25, 0.3) is 0 Å². The number of methoxy groups -OCH3 is 2. The molecule has 2 heterocycles. The van der Waals surface area contributed by atoms with Crippen LogP contribution in [-0.2, 0) is 0 Å². The Kier molecular flexibility index (Phi) is 2.85. The minimum atomic E-state index is 0.686. The van der Waals surface area contributed by atoms with Gasteiger partial charge in [-0.25, -0.2) is 9.97 Å². The molecule has 0 bridgehead atoms. The first-order valence-electron chi connectivity index (χ1n) is 6.21. The molecule has 0 spiro atoms. The van der Waals surface area contributed by atoms with Gasteiger partial charge in [0, 0.05) is 25.5 Å². The summed E-state index contributed by atoms with van der Waals surface area (Å²) in [6, 6.07) is 3.84. The second kappa shape index (κ2) is 4.56. The molecule has 1 N–H and O–H groups in total. The Morgan fingerprint density at radius 1 is 1.05 bits per heavy atom. The summed E-state index contributed by atoms with van der Waals surface area (Å²) < 4.78 is 10.7. The maximum atomic E-state index is 5.35. The van der Waals surface area contributed by atoms with Crippen LogP contribution in [0.15, 0.2) is 18.5 Å². The van der Waals surface area contributed by atoms with Crippen LogP contribution in [0.1, 0.15) is 0 Å². The van der Waals surface area contributed by atoms with Gasteiger partial charge < -0.3 is 19.4 Å². The quantitative estimate of drug-likeness (QED) is 0.792. The van der Waals surface area contributed by atoms with Gasteiger partial charge in [0.05, 0.1) is 19.7 Å². The van der Waals surface area contributed by atoms with Gasteiger partial charge in [-0.3, -0.25) is 0 Å². The van der Waals surface area contributed by atoms with Crippen molar-refractivity contribution in [2.75, 3.05) is 33.2 Å². The minimum absolute atomic E-state index is 0.686. The molecule has 0 fully saturated rings. The molecule has 3 aromatic rings. The van der Waals surface area contributed by atoms with Gasteiger partial charge in [0.1, 0.15) is 17.4 Å². The van der Waals surface area contributed by atoms with E-state index in [0.717, 1.165) is 27.8 Å². The van der Waals surface area contributed by atoms with Gasteiger partial charge in [0.2, 0.25) is 0 Å². The van der Waals surface area contributed by atoms with Crippen molar-refractivity contribution < 1.29 is 9.47 Å². The average Bonchev–Trinajstić information content (AvgIpc) is 2.82. The second-order valence-corrected chi connectivity index (χ2v) is 4.69. The first-order chi connectivity index (χ1) is 9.65. The standard InChI is InChI=1S/C14H16N4O2/c1-18(2)14-13-12(15-7-16-14)8-5-10(19-3)11(20-4)6-9(8)17-13/h5-7,17H,1-4H3. The van der Waals surface area contributed by atoms with Crippen molar-refractivity contribution >= 4 is 27.8 Å². The number of H-pyrrole nitrogens is 1. The van der Waals surface area contributed by atoms with Crippen molar-refractivity contribution in [3.63, 3.8) is 0 Å². The minimum Gasteiger partial charge on any atom is -0.493 e. The van der Waals surface area contributed by atoms with Gasteiger partial charge in [-0.2, -0.15) is 0 Å². The van der Waals surface area contributed by atoms with E-state index in [1.54, 1.807) is 20.5 Å². The lowest BCUT2D eigenvalue weighted by Crippen LogP contribution is -2.11. The number of hydrogen-bond acceptors (Lipinski definition) is 5. The molecular weight excluding hydrogens is 256 g/mol. The first kappa shape index (κ1) is 12.5. The van der Waals surface area contributed by atoms with Crippen molar-refractivity contribution in [2.45, 2.75) is 0 Å². The zero-order chi connectivity index (χ0) is 14.3. The lowest BCUT2D eigenvalue weighted by Gasteiger charge is -2.10. The molecule has 0 unspecified atom stereocenters. The van der Waals surface area contributed by atoms with E-state index in [4.69, 9.17) is 9.47 Å². The number of benzene rings is 1. The molecule has 0 atom stereocenters. The summed E-state index contributed by atoms with van der Waals surface area (Å²) in [6.45, 7) is 0. The van der Waals surface area contributed by atoms with Crippen molar-refractivity contribution in [1.29, 1.82) is 0 Å². The zero-order valence-corrected chi connectivity index (χ0v) is 11.9. The fourth-order valence-electron chi connectivity index (χ4n) is 2.35. The topological polar surface area (TPSA) is 63.3 Å². The number of ether oxygens (including phenoxy) is 2. The SMILES string of the molecule is COc1cc2[nH]c3c(N(C)C)ncnc3c2cc1OC. The summed E-state index contributed by atoms with van der Waals surface area (Å²) in [5, 5.41) is 0.989. The first-order valence-corrected chi connectivity index (χ1v) is 6.21. The van der Waals surface area contributed by atoms with E-state index in [9.17, 15) is 0 Å². The van der Waals surface area contributed by atoms with Crippen LogP contribution in [-0.4, -0.2) is 43.3 Å². The number of anilines is 1. The van der Waals surface area contributed by atoms with Gasteiger partial charge in [0.15, 0.2) is 17.3 Å². The van der Waals surface area contributed by atoms with E-state index in [-0.39, 0.29) is 0 Å². The molecule has 0 aliphatic rings. The van der Waals surface area contributed by atoms with Crippen LogP contribution in [0.4, 0.5) is 5.82 Å². The van der Waals surface area contributed by atoms with Gasteiger partial charge in [-0.1, -0.05) is 0 Å². The second-order valence-electron chi connectivity index (χ2n) is 4.69. The summed E-state index contributed by atoms with van der Waals surface area (Å²) in [5.74, 6) is 2.22. The molecule has 6 heteroatoms. The Labute approximate surface area is 116 Å². The van der Waals surface area contributed by atoms with E-state index in [1.165, 1.54) is 0 Å². The molecule has 0 amide bonds. The van der Waals surface area contributed by atoms with Crippen molar-refractivity contribution in [3.05, 3.63) is 18.5 Å². The number of hydrogen-bond donors (Lipinski definition) is 1. The highest BCUT2D eigenvalue weighted by Gasteiger charge is 2.15. The van der Waals surface area contributed by atoms with E-state index >= 15 is 0 Å². The zero-order valence-electron chi connectivity index (χ0n) is 11.9. The number of nitrogens with zero attached hydrogens (tertiary/aromatic N) is 3. The molecular formula is C14H16N4O2. The Morgan fingerprint density at radius 3 is 2.40 bits per heavy atom. The molecule has 2 aromatic heterocycles. The fourth-order valence-corrected chi connectivity index (χ4v) is 2.35. The number of aromatic amines is 1. The number of fused-ring (bicyclic) bond motifs is 3. The monoisotopic (exact) mass is 272 g/mol. The molecule has 20 heavy (non-hydrogen) atoms. The van der Waals surface area contributed by atoms with Gasteiger partial charge >= 0.3 is 0 Å². The number of rotatable bonds is 3. The third-order valence-corrected chi connectivity index (χ3v) is 3.29. The third-order valence-electron chi connectivity index (χ3n) is 3.29. The molecule has 1 aromatic carbocycles. The van der Waals surface area contributed by atoms with Crippen LogP contribution in [0, 0.1) is 0 Å². The largest absolute Gasteiger partial charge is 0.493 e. The van der Waals surface area contributed by atoms with Crippen LogP contribution >= 0.6 is 0 Å². The normalized spacial score (nSPS) is 11.0. The van der Waals surface area contributed by atoms with Crippen LogP contribution in [0.25, 0.3) is 21.9 Å². The van der Waals surface area contributed by atoms with Crippen LogP contribution in [0.2, 0.25) is 0 Å². The van der Waals surface area contributed by atoms with Gasteiger partial charge in [-0.05, 0) is 6.07 Å². The predicted octanol–water partition coefficient (Wildman–Crippen LogP) is 2.19. The fraction of sp³-hybridized carbons (Fsp3) is 0.286. The molecule has 104 valence electrons. The number of aromatic nitrogens is 3. The molecule has 0 saturated heterocycles.